The van der Waals surface area contributed by atoms with E-state index in [2.05, 4.69) is 20.8 Å². The maximum atomic E-state index is 12.2. The van der Waals surface area contributed by atoms with E-state index < -0.39 is 5.60 Å². The second-order valence-electron chi connectivity index (χ2n) is 10.4. The summed E-state index contributed by atoms with van der Waals surface area (Å²) in [5.74, 6) is 5.27. The smallest absolute Gasteiger partial charge is 0.133 e. The molecule has 0 heterocycles. The van der Waals surface area contributed by atoms with Gasteiger partial charge in [-0.15, -0.1) is 0 Å². The lowest BCUT2D eigenvalue weighted by molar-refractivity contribution is -0.134. The average molecular weight is 333 g/mol. The average Bonchev–Trinajstić information content (AvgIpc) is 2.85. The Balaban J connectivity index is 1.57. The molecule has 4 fully saturated rings. The van der Waals surface area contributed by atoms with E-state index in [1.807, 2.05) is 6.92 Å². The van der Waals surface area contributed by atoms with Crippen molar-refractivity contribution in [2.45, 2.75) is 84.7 Å². The molecule has 4 rings (SSSR count). The van der Waals surface area contributed by atoms with Crippen molar-refractivity contribution in [1.29, 1.82) is 0 Å². The topological polar surface area (TPSA) is 37.3 Å². The standard InChI is InChI=1S/C22H36O2/c1-13-11-18-15(12-22(13,4)24)5-6-17-16(18)9-10-21(3)19(14(2)23)7-8-20(17)21/h13,15-20,24H,5-12H2,1-4H3/t13-,15-,16-,17+,18-,19+,20-,21+,22-/m0/s1. The van der Waals surface area contributed by atoms with Crippen molar-refractivity contribution in [2.75, 3.05) is 0 Å². The molecule has 9 atom stereocenters. The Kier molecular flexibility index (Phi) is 3.95. The van der Waals surface area contributed by atoms with Gasteiger partial charge >= 0.3 is 0 Å². The van der Waals surface area contributed by atoms with Crippen LogP contribution in [0.3, 0.4) is 0 Å². The molecule has 0 aromatic carbocycles. The summed E-state index contributed by atoms with van der Waals surface area (Å²) in [6.45, 7) is 8.58. The zero-order chi connectivity index (χ0) is 17.3. The largest absolute Gasteiger partial charge is 0.390 e. The van der Waals surface area contributed by atoms with Gasteiger partial charge in [0.1, 0.15) is 5.78 Å². The Hall–Kier alpha value is -0.370. The minimum absolute atomic E-state index is 0.283. The number of ketones is 1. The van der Waals surface area contributed by atoms with Crippen LogP contribution >= 0.6 is 0 Å². The van der Waals surface area contributed by atoms with Gasteiger partial charge < -0.3 is 5.11 Å². The fourth-order valence-electron chi connectivity index (χ4n) is 7.92. The quantitative estimate of drug-likeness (QED) is 0.746. The Labute approximate surface area is 147 Å². The highest BCUT2D eigenvalue weighted by molar-refractivity contribution is 5.79. The van der Waals surface area contributed by atoms with E-state index in [0.29, 0.717) is 17.6 Å². The first kappa shape index (κ1) is 17.1. The lowest BCUT2D eigenvalue weighted by Gasteiger charge is -2.58. The number of carbonyl (C=O) groups excluding carboxylic acids is 1. The second kappa shape index (κ2) is 5.56. The minimum Gasteiger partial charge on any atom is -0.390 e. The van der Waals surface area contributed by atoms with Crippen molar-refractivity contribution in [1.82, 2.24) is 0 Å². The van der Waals surface area contributed by atoms with Crippen LogP contribution in [0.5, 0.6) is 0 Å². The van der Waals surface area contributed by atoms with Crippen molar-refractivity contribution in [3.8, 4) is 0 Å². The fourth-order valence-corrected chi connectivity index (χ4v) is 7.92. The van der Waals surface area contributed by atoms with Crippen LogP contribution in [0.4, 0.5) is 0 Å². The van der Waals surface area contributed by atoms with Gasteiger partial charge in [0.25, 0.3) is 0 Å². The first-order chi connectivity index (χ1) is 11.2. The molecular formula is C22H36O2. The molecule has 24 heavy (non-hydrogen) atoms. The third-order valence-corrected chi connectivity index (χ3v) is 9.37. The third kappa shape index (κ3) is 2.35. The zero-order valence-electron chi connectivity index (χ0n) is 16.1. The maximum absolute atomic E-state index is 12.2. The minimum atomic E-state index is -0.454. The lowest BCUT2D eigenvalue weighted by Crippen LogP contribution is -2.52. The normalized spacial score (nSPS) is 57.0. The Morgan fingerprint density at radius 3 is 2.46 bits per heavy atom. The summed E-state index contributed by atoms with van der Waals surface area (Å²) in [5.41, 5.74) is -0.171. The summed E-state index contributed by atoms with van der Waals surface area (Å²) in [6, 6.07) is 0. The van der Waals surface area contributed by atoms with Gasteiger partial charge in [0, 0.05) is 5.92 Å². The first-order valence-corrected chi connectivity index (χ1v) is 10.5. The summed E-state index contributed by atoms with van der Waals surface area (Å²) in [4.78, 5) is 12.2. The van der Waals surface area contributed by atoms with Crippen molar-refractivity contribution < 1.29 is 9.90 Å². The zero-order valence-corrected chi connectivity index (χ0v) is 16.1. The van der Waals surface area contributed by atoms with Crippen molar-refractivity contribution in [2.24, 2.45) is 46.8 Å². The number of Topliss-reactive ketones (excluding diaryl/α,β-unsaturated/α-hetero) is 1. The molecule has 0 amide bonds. The molecule has 4 saturated carbocycles. The summed E-state index contributed by atoms with van der Waals surface area (Å²) in [7, 11) is 0. The second-order valence-corrected chi connectivity index (χ2v) is 10.4. The van der Waals surface area contributed by atoms with Crippen molar-refractivity contribution in [3.05, 3.63) is 0 Å². The van der Waals surface area contributed by atoms with Crippen LogP contribution in [0.15, 0.2) is 0 Å². The fraction of sp³-hybridized carbons (Fsp3) is 0.955. The van der Waals surface area contributed by atoms with E-state index in [1.165, 1.54) is 38.5 Å². The number of aliphatic hydroxyl groups is 1. The van der Waals surface area contributed by atoms with Crippen LogP contribution in [-0.2, 0) is 4.79 Å². The SMILES string of the molecule is CC(=O)[C@H]1CC[C@H]2[C@@H]3CC[C@H]4C[C@](C)(O)[C@@H](C)C[C@@H]4[C@H]3CC[C@]12C. The number of fused-ring (bicyclic) bond motifs is 5. The van der Waals surface area contributed by atoms with Gasteiger partial charge in [-0.05, 0) is 106 Å². The number of hydrogen-bond acceptors (Lipinski definition) is 2. The maximum Gasteiger partial charge on any atom is 0.133 e. The number of carbonyl (C=O) groups is 1. The molecule has 1 N–H and O–H groups in total. The van der Waals surface area contributed by atoms with E-state index in [4.69, 9.17) is 0 Å². The summed E-state index contributed by atoms with van der Waals surface area (Å²) in [6.07, 6.45) is 9.91. The third-order valence-electron chi connectivity index (χ3n) is 9.37. The molecule has 0 aliphatic heterocycles. The first-order valence-electron chi connectivity index (χ1n) is 10.5. The Bertz CT molecular complexity index is 524. The van der Waals surface area contributed by atoms with Gasteiger partial charge in [-0.1, -0.05) is 13.8 Å². The van der Waals surface area contributed by atoms with Crippen molar-refractivity contribution >= 4 is 5.78 Å². The summed E-state index contributed by atoms with van der Waals surface area (Å²) < 4.78 is 0. The highest BCUT2D eigenvalue weighted by Crippen LogP contribution is 2.65. The van der Waals surface area contributed by atoms with Gasteiger partial charge in [0.05, 0.1) is 5.60 Å². The highest BCUT2D eigenvalue weighted by atomic mass is 16.3. The van der Waals surface area contributed by atoms with Crippen LogP contribution in [0.25, 0.3) is 0 Å². The number of rotatable bonds is 1. The molecule has 2 heteroatoms. The Morgan fingerprint density at radius 2 is 1.75 bits per heavy atom. The molecule has 0 unspecified atom stereocenters. The molecule has 0 saturated heterocycles. The Morgan fingerprint density at radius 1 is 1.00 bits per heavy atom. The molecule has 0 spiro atoms. The lowest BCUT2D eigenvalue weighted by atomic mass is 9.48. The predicted molar refractivity (Wildman–Crippen MR) is 96.5 cm³/mol. The molecule has 4 aliphatic rings. The number of hydrogen-bond donors (Lipinski definition) is 1. The van der Waals surface area contributed by atoms with Crippen molar-refractivity contribution in [3.63, 3.8) is 0 Å². The van der Waals surface area contributed by atoms with E-state index in [-0.39, 0.29) is 5.41 Å². The van der Waals surface area contributed by atoms with Crippen LogP contribution in [0, 0.1) is 46.8 Å². The van der Waals surface area contributed by atoms with Gasteiger partial charge in [-0.2, -0.15) is 0 Å². The van der Waals surface area contributed by atoms with E-state index in [0.717, 1.165) is 42.4 Å². The van der Waals surface area contributed by atoms with E-state index >= 15 is 0 Å². The molecule has 0 aromatic heterocycles. The van der Waals surface area contributed by atoms with E-state index in [1.54, 1.807) is 0 Å². The van der Waals surface area contributed by atoms with Crippen LogP contribution in [0.2, 0.25) is 0 Å². The van der Waals surface area contributed by atoms with Gasteiger partial charge in [-0.25, -0.2) is 0 Å². The van der Waals surface area contributed by atoms with E-state index in [9.17, 15) is 9.90 Å². The van der Waals surface area contributed by atoms with Gasteiger partial charge in [0.2, 0.25) is 0 Å². The van der Waals surface area contributed by atoms with Gasteiger partial charge in [0.15, 0.2) is 0 Å². The van der Waals surface area contributed by atoms with Crippen LogP contribution < -0.4 is 0 Å². The summed E-state index contributed by atoms with van der Waals surface area (Å²) in [5, 5.41) is 10.7. The highest BCUT2D eigenvalue weighted by Gasteiger charge is 2.58. The molecule has 2 nitrogen and oxygen atoms in total. The molecular weight excluding hydrogens is 296 g/mol. The molecule has 0 bridgehead atoms. The predicted octanol–water partition coefficient (Wildman–Crippen LogP) is 4.84. The molecule has 4 aliphatic carbocycles. The van der Waals surface area contributed by atoms with Gasteiger partial charge in [-0.3, -0.25) is 4.79 Å². The monoisotopic (exact) mass is 332 g/mol. The van der Waals surface area contributed by atoms with Crippen LogP contribution in [0.1, 0.15) is 79.1 Å². The van der Waals surface area contributed by atoms with Crippen LogP contribution in [-0.4, -0.2) is 16.5 Å². The molecule has 0 radical (unpaired) electrons. The molecule has 0 aromatic rings. The molecule has 136 valence electrons. The summed E-state index contributed by atoms with van der Waals surface area (Å²) >= 11 is 0.